The first-order valence-electron chi connectivity index (χ1n) is 5.85. The molecule has 1 aromatic carbocycles. The quantitative estimate of drug-likeness (QED) is 0.831. The summed E-state index contributed by atoms with van der Waals surface area (Å²) < 4.78 is 58.6. The molecule has 116 valence electrons. The summed E-state index contributed by atoms with van der Waals surface area (Å²) in [4.78, 5) is 4.91. The molecule has 0 aliphatic carbocycles. The van der Waals surface area contributed by atoms with E-state index >= 15 is 0 Å². The summed E-state index contributed by atoms with van der Waals surface area (Å²) in [5.41, 5.74) is -2.15. The van der Waals surface area contributed by atoms with Gasteiger partial charge in [0.15, 0.2) is 5.04 Å². The van der Waals surface area contributed by atoms with Gasteiger partial charge in [0.2, 0.25) is 0 Å². The molecule has 0 saturated heterocycles. The number of halogens is 4. The first-order chi connectivity index (χ1) is 9.49. The van der Waals surface area contributed by atoms with Gasteiger partial charge in [0.05, 0.1) is 5.56 Å². The van der Waals surface area contributed by atoms with Crippen molar-refractivity contribution in [2.45, 2.75) is 30.3 Å². The third kappa shape index (κ3) is 2.62. The van der Waals surface area contributed by atoms with Crippen LogP contribution in [-0.4, -0.2) is 14.9 Å². The summed E-state index contributed by atoms with van der Waals surface area (Å²) in [6, 6.07) is 2.54. The highest BCUT2D eigenvalue weighted by Crippen LogP contribution is 2.43. The Morgan fingerprint density at radius 2 is 1.95 bits per heavy atom. The van der Waals surface area contributed by atoms with Gasteiger partial charge in [-0.3, -0.25) is 0 Å². The van der Waals surface area contributed by atoms with E-state index in [1.54, 1.807) is 13.8 Å². The zero-order chi connectivity index (χ0) is 16.1. The number of nitrogens with one attached hydrogen (secondary N) is 1. The Kier molecular flexibility index (Phi) is 3.74. The molecule has 1 N–H and O–H groups in total. The molecule has 0 fully saturated rings. The summed E-state index contributed by atoms with van der Waals surface area (Å²) >= 11 is 5.49. The number of hydrogen-bond acceptors (Lipinski definition) is 4. The molecule has 0 radical (unpaired) electrons. The second-order valence-electron chi connectivity index (χ2n) is 5.18. The normalized spacial score (nSPS) is 22.9. The fourth-order valence-electron chi connectivity index (χ4n) is 1.82. The van der Waals surface area contributed by atoms with Crippen LogP contribution in [0.15, 0.2) is 23.4 Å². The topological polar surface area (TPSA) is 62.5 Å². The Balaban J connectivity index is 2.54. The van der Waals surface area contributed by atoms with Gasteiger partial charge in [0.1, 0.15) is 27.0 Å². The number of nitrogens with zero attached hydrogens (tertiary/aromatic N) is 1. The van der Waals surface area contributed by atoms with Crippen molar-refractivity contribution in [3.8, 4) is 0 Å². The highest BCUT2D eigenvalue weighted by Gasteiger charge is 2.51. The maximum Gasteiger partial charge on any atom is 0.301 e. The third-order valence-corrected chi connectivity index (χ3v) is 5.57. The largest absolute Gasteiger partial charge is 0.389 e. The summed E-state index contributed by atoms with van der Waals surface area (Å²) in [6.45, 7) is 3.16. The van der Waals surface area contributed by atoms with E-state index in [9.17, 15) is 17.4 Å². The minimum absolute atomic E-state index is 0.135. The van der Waals surface area contributed by atoms with Crippen molar-refractivity contribution in [3.05, 3.63) is 35.4 Å². The summed E-state index contributed by atoms with van der Waals surface area (Å²) in [5.74, 6) is -2.66. The maximum atomic E-state index is 14.7. The minimum atomic E-state index is -4.46. The molecule has 0 saturated carbocycles. The predicted molar refractivity (Wildman–Crippen MR) is 73.1 cm³/mol. The Bertz CT molecular complexity index is 697. The van der Waals surface area contributed by atoms with Crippen molar-refractivity contribution in [3.63, 3.8) is 0 Å². The Labute approximate surface area is 124 Å². The Morgan fingerprint density at radius 3 is 2.38 bits per heavy atom. The molecule has 0 amide bonds. The number of rotatable bonds is 2. The SMILES string of the molecule is CC1(C)CC(S(=N)(=O)C(F)(Cl)c2c(F)cccc2F)=NO1. The van der Waals surface area contributed by atoms with Crippen LogP contribution in [0, 0.1) is 16.4 Å². The zero-order valence-corrected chi connectivity index (χ0v) is 12.7. The lowest BCUT2D eigenvalue weighted by molar-refractivity contribution is 0.0123. The molecule has 0 spiro atoms. The number of alkyl halides is 2. The van der Waals surface area contributed by atoms with Crippen LogP contribution in [0.4, 0.5) is 13.2 Å². The minimum Gasteiger partial charge on any atom is -0.389 e. The number of benzene rings is 1. The summed E-state index contributed by atoms with van der Waals surface area (Å²) in [5, 5.41) is 2.92. The van der Waals surface area contributed by atoms with Gasteiger partial charge in [-0.15, -0.1) is 0 Å². The van der Waals surface area contributed by atoms with Crippen molar-refractivity contribution in [2.75, 3.05) is 0 Å². The molecule has 2 unspecified atom stereocenters. The van der Waals surface area contributed by atoms with E-state index in [1.807, 2.05) is 0 Å². The molecule has 1 aliphatic rings. The first kappa shape index (κ1) is 16.1. The molecule has 0 bridgehead atoms. The maximum absolute atomic E-state index is 14.7. The van der Waals surface area contributed by atoms with Gasteiger partial charge in [-0.2, -0.15) is 0 Å². The molecule has 2 rings (SSSR count). The van der Waals surface area contributed by atoms with E-state index in [1.165, 1.54) is 0 Å². The lowest BCUT2D eigenvalue weighted by Crippen LogP contribution is -2.33. The summed E-state index contributed by atoms with van der Waals surface area (Å²) in [7, 11) is -4.46. The van der Waals surface area contributed by atoms with Gasteiger partial charge in [-0.25, -0.2) is 22.2 Å². The molecule has 1 heterocycles. The average Bonchev–Trinajstić information content (AvgIpc) is 2.69. The smallest absolute Gasteiger partial charge is 0.301 e. The van der Waals surface area contributed by atoms with Gasteiger partial charge in [-0.05, 0) is 26.0 Å². The molecule has 21 heavy (non-hydrogen) atoms. The van der Waals surface area contributed by atoms with Gasteiger partial charge >= 0.3 is 4.46 Å². The molecule has 9 heteroatoms. The molecular weight excluding hydrogens is 329 g/mol. The van der Waals surface area contributed by atoms with Crippen LogP contribution in [0.1, 0.15) is 25.8 Å². The molecule has 1 aromatic rings. The zero-order valence-electron chi connectivity index (χ0n) is 11.1. The monoisotopic (exact) mass is 340 g/mol. The van der Waals surface area contributed by atoms with Gasteiger partial charge < -0.3 is 4.84 Å². The van der Waals surface area contributed by atoms with Crippen LogP contribution in [0.25, 0.3) is 0 Å². The molecule has 0 aromatic heterocycles. The fourth-order valence-corrected chi connectivity index (χ4v) is 3.74. The van der Waals surface area contributed by atoms with Crippen molar-refractivity contribution >= 4 is 26.4 Å². The van der Waals surface area contributed by atoms with Crippen LogP contribution in [0.2, 0.25) is 0 Å². The second kappa shape index (κ2) is 4.88. The lowest BCUT2D eigenvalue weighted by Gasteiger charge is -2.22. The molecule has 1 aliphatic heterocycles. The highest BCUT2D eigenvalue weighted by molar-refractivity contribution is 8.08. The molecule has 4 nitrogen and oxygen atoms in total. The number of hydrogen-bond donors (Lipinski definition) is 1. The van der Waals surface area contributed by atoms with Crippen molar-refractivity contribution < 1.29 is 22.2 Å². The Hall–Kier alpha value is -1.28. The van der Waals surface area contributed by atoms with Crippen molar-refractivity contribution in [1.29, 1.82) is 4.78 Å². The lowest BCUT2D eigenvalue weighted by atomic mass is 10.1. The van der Waals surface area contributed by atoms with Crippen LogP contribution < -0.4 is 0 Å². The molecule has 2 atom stereocenters. The average molecular weight is 341 g/mol. The predicted octanol–water partition coefficient (Wildman–Crippen LogP) is 3.84. The Morgan fingerprint density at radius 1 is 1.43 bits per heavy atom. The third-order valence-electron chi connectivity index (χ3n) is 2.92. The van der Waals surface area contributed by atoms with E-state index in [-0.39, 0.29) is 6.42 Å². The van der Waals surface area contributed by atoms with Crippen molar-refractivity contribution in [2.24, 2.45) is 5.16 Å². The van der Waals surface area contributed by atoms with E-state index in [0.29, 0.717) is 0 Å². The van der Waals surface area contributed by atoms with Crippen LogP contribution >= 0.6 is 11.6 Å². The highest BCUT2D eigenvalue weighted by atomic mass is 35.5. The van der Waals surface area contributed by atoms with Crippen LogP contribution in [-0.2, 0) is 19.0 Å². The van der Waals surface area contributed by atoms with Crippen LogP contribution in [0.3, 0.4) is 0 Å². The van der Waals surface area contributed by atoms with E-state index in [4.69, 9.17) is 21.2 Å². The number of oxime groups is 1. The van der Waals surface area contributed by atoms with Gasteiger partial charge in [0.25, 0.3) is 0 Å². The summed E-state index contributed by atoms with van der Waals surface area (Å²) in [6.07, 6.45) is -0.135. The van der Waals surface area contributed by atoms with Crippen LogP contribution in [0.5, 0.6) is 0 Å². The van der Waals surface area contributed by atoms with Gasteiger partial charge in [0, 0.05) is 6.42 Å². The van der Waals surface area contributed by atoms with E-state index < -0.39 is 42.0 Å². The molecular formula is C12H12ClF3N2O2S. The fraction of sp³-hybridized carbons (Fsp3) is 0.417. The van der Waals surface area contributed by atoms with E-state index in [0.717, 1.165) is 18.2 Å². The van der Waals surface area contributed by atoms with Gasteiger partial charge in [-0.1, -0.05) is 22.8 Å². The van der Waals surface area contributed by atoms with Crippen molar-refractivity contribution in [1.82, 2.24) is 0 Å². The first-order valence-corrected chi connectivity index (χ1v) is 7.78. The standard InChI is InChI=1S/C12H12ClF3N2O2S/c1-11(2)6-9(18-20-11)21(17,19)12(13,16)10-7(14)4-3-5-8(10)15/h3-5,17H,6H2,1-2H3. The second-order valence-corrected chi connectivity index (χ2v) is 8.07. The van der Waals surface area contributed by atoms with E-state index in [2.05, 4.69) is 5.16 Å².